The topological polar surface area (TPSA) is 102 Å². The Morgan fingerprint density at radius 2 is 1.34 bits per heavy atom. The number of hydrogen-bond donors (Lipinski definition) is 0. The van der Waals surface area contributed by atoms with Crippen LogP contribution in [0.1, 0.15) is 11.1 Å². The van der Waals surface area contributed by atoms with Crippen LogP contribution in [0.15, 0.2) is 66.7 Å². The molecule has 0 atom stereocenters. The van der Waals surface area contributed by atoms with Gasteiger partial charge in [0.2, 0.25) is 5.88 Å². The maximum atomic E-state index is 11.8. The largest absolute Gasteiger partial charge is 0.497 e. The van der Waals surface area contributed by atoms with Crippen LogP contribution in [0.3, 0.4) is 0 Å². The van der Waals surface area contributed by atoms with Crippen molar-refractivity contribution < 1.29 is 28.6 Å². The lowest BCUT2D eigenvalue weighted by atomic mass is 10.1. The fourth-order valence-corrected chi connectivity index (χ4v) is 3.49. The molecule has 1 heterocycles. The molecule has 0 N–H and O–H groups in total. The third-order valence-electron chi connectivity index (χ3n) is 5.35. The standard InChI is InChI=1S/C26H24N2O7/c1-31-19-8-4-17(5-9-19)15-34-24-13-12-21-25(27-24)22(28(29)30)14-23(33-3)26(21)35-16-18-6-10-20(32-2)11-7-18/h4-14H,15-16H2,1-3H3. The number of hydrogen-bond acceptors (Lipinski definition) is 8. The van der Waals surface area contributed by atoms with Crippen LogP contribution < -0.4 is 23.7 Å². The smallest absolute Gasteiger partial charge is 0.299 e. The van der Waals surface area contributed by atoms with E-state index in [1.165, 1.54) is 13.2 Å². The van der Waals surface area contributed by atoms with Crippen LogP contribution in [-0.4, -0.2) is 31.2 Å². The van der Waals surface area contributed by atoms with E-state index in [0.717, 1.165) is 22.6 Å². The van der Waals surface area contributed by atoms with Crippen molar-refractivity contribution in [3.05, 3.63) is 88.0 Å². The van der Waals surface area contributed by atoms with Gasteiger partial charge in [0.25, 0.3) is 5.69 Å². The van der Waals surface area contributed by atoms with E-state index >= 15 is 0 Å². The summed E-state index contributed by atoms with van der Waals surface area (Å²) in [6.45, 7) is 0.469. The van der Waals surface area contributed by atoms with Crippen molar-refractivity contribution in [2.45, 2.75) is 13.2 Å². The molecule has 0 aliphatic rings. The zero-order valence-corrected chi connectivity index (χ0v) is 19.5. The lowest BCUT2D eigenvalue weighted by Crippen LogP contribution is -2.03. The monoisotopic (exact) mass is 476 g/mol. The number of methoxy groups -OCH3 is 3. The number of aromatic nitrogens is 1. The number of benzene rings is 3. The van der Waals surface area contributed by atoms with Crippen LogP contribution in [0.2, 0.25) is 0 Å². The third kappa shape index (κ3) is 5.35. The molecular weight excluding hydrogens is 452 g/mol. The summed E-state index contributed by atoms with van der Waals surface area (Å²) in [5.41, 5.74) is 1.74. The summed E-state index contributed by atoms with van der Waals surface area (Å²) in [4.78, 5) is 15.7. The van der Waals surface area contributed by atoms with E-state index in [2.05, 4.69) is 4.98 Å². The molecular formula is C26H24N2O7. The Labute approximate surface area is 201 Å². The SMILES string of the molecule is COc1ccc(COc2ccc3c(OCc4ccc(OC)cc4)c(OC)cc([N+](=O)[O-])c3n2)cc1. The van der Waals surface area contributed by atoms with E-state index in [9.17, 15) is 10.1 Å². The summed E-state index contributed by atoms with van der Waals surface area (Å²) < 4.78 is 27.6. The number of pyridine rings is 1. The fraction of sp³-hybridized carbons (Fsp3) is 0.192. The van der Waals surface area contributed by atoms with Gasteiger partial charge in [-0.1, -0.05) is 24.3 Å². The minimum Gasteiger partial charge on any atom is -0.497 e. The van der Waals surface area contributed by atoms with E-state index in [-0.39, 0.29) is 36.0 Å². The number of rotatable bonds is 10. The average molecular weight is 476 g/mol. The van der Waals surface area contributed by atoms with Gasteiger partial charge in [-0.3, -0.25) is 10.1 Å². The fourth-order valence-electron chi connectivity index (χ4n) is 3.49. The average Bonchev–Trinajstić information content (AvgIpc) is 2.90. The molecule has 0 fully saturated rings. The Morgan fingerprint density at radius 1 is 0.771 bits per heavy atom. The van der Waals surface area contributed by atoms with Crippen molar-refractivity contribution in [3.8, 4) is 28.9 Å². The second-order valence-corrected chi connectivity index (χ2v) is 7.50. The van der Waals surface area contributed by atoms with Crippen molar-refractivity contribution in [2.24, 2.45) is 0 Å². The summed E-state index contributed by atoms with van der Waals surface area (Å²) in [6, 6.07) is 19.5. The molecule has 3 aromatic carbocycles. The zero-order valence-electron chi connectivity index (χ0n) is 19.5. The van der Waals surface area contributed by atoms with E-state index in [1.54, 1.807) is 26.4 Å². The minimum atomic E-state index is -0.502. The first kappa shape index (κ1) is 23.6. The Balaban J connectivity index is 1.64. The quantitative estimate of drug-likeness (QED) is 0.224. The number of nitrogens with zero attached hydrogens (tertiary/aromatic N) is 2. The van der Waals surface area contributed by atoms with Crippen LogP contribution in [0.5, 0.6) is 28.9 Å². The highest BCUT2D eigenvalue weighted by Crippen LogP contribution is 2.41. The van der Waals surface area contributed by atoms with Crippen LogP contribution >= 0.6 is 0 Å². The van der Waals surface area contributed by atoms with Gasteiger partial charge in [0.1, 0.15) is 24.7 Å². The highest BCUT2D eigenvalue weighted by atomic mass is 16.6. The number of nitro groups is 1. The Morgan fingerprint density at radius 3 is 1.86 bits per heavy atom. The minimum absolute atomic E-state index is 0.146. The van der Waals surface area contributed by atoms with Gasteiger partial charge in [0.15, 0.2) is 17.0 Å². The Bertz CT molecular complexity index is 1320. The molecule has 4 aromatic rings. The van der Waals surface area contributed by atoms with Gasteiger partial charge < -0.3 is 23.7 Å². The third-order valence-corrected chi connectivity index (χ3v) is 5.35. The number of non-ortho nitro benzene ring substituents is 1. The molecule has 0 saturated heterocycles. The van der Waals surface area contributed by atoms with Crippen molar-refractivity contribution in [1.82, 2.24) is 4.98 Å². The highest BCUT2D eigenvalue weighted by Gasteiger charge is 2.23. The molecule has 1 aromatic heterocycles. The normalized spacial score (nSPS) is 10.6. The van der Waals surface area contributed by atoms with E-state index in [1.807, 2.05) is 48.5 Å². The van der Waals surface area contributed by atoms with Gasteiger partial charge in [0.05, 0.1) is 37.7 Å². The highest BCUT2D eigenvalue weighted by molar-refractivity contribution is 5.95. The molecule has 0 radical (unpaired) electrons. The number of ether oxygens (including phenoxy) is 5. The molecule has 9 nitrogen and oxygen atoms in total. The van der Waals surface area contributed by atoms with Gasteiger partial charge in [-0.05, 0) is 41.5 Å². The van der Waals surface area contributed by atoms with Crippen LogP contribution in [0, 0.1) is 10.1 Å². The van der Waals surface area contributed by atoms with Crippen LogP contribution in [0.4, 0.5) is 5.69 Å². The molecule has 0 saturated carbocycles. The molecule has 180 valence electrons. The summed E-state index contributed by atoms with van der Waals surface area (Å²) in [6.07, 6.45) is 0. The Kier molecular flexibility index (Phi) is 7.15. The molecule has 4 rings (SSSR count). The lowest BCUT2D eigenvalue weighted by Gasteiger charge is -2.15. The molecule has 0 amide bonds. The van der Waals surface area contributed by atoms with Gasteiger partial charge >= 0.3 is 0 Å². The molecule has 0 spiro atoms. The van der Waals surface area contributed by atoms with Gasteiger partial charge in [-0.25, -0.2) is 4.98 Å². The number of nitro benzene ring substituents is 1. The number of fused-ring (bicyclic) bond motifs is 1. The molecule has 0 unspecified atom stereocenters. The maximum absolute atomic E-state index is 11.8. The maximum Gasteiger partial charge on any atom is 0.299 e. The van der Waals surface area contributed by atoms with Crippen molar-refractivity contribution in [2.75, 3.05) is 21.3 Å². The first-order chi connectivity index (χ1) is 17.0. The van der Waals surface area contributed by atoms with E-state index in [4.69, 9.17) is 23.7 Å². The van der Waals surface area contributed by atoms with Crippen LogP contribution in [-0.2, 0) is 13.2 Å². The second-order valence-electron chi connectivity index (χ2n) is 7.50. The van der Waals surface area contributed by atoms with Crippen LogP contribution in [0.25, 0.3) is 10.9 Å². The van der Waals surface area contributed by atoms with Crippen molar-refractivity contribution in [1.29, 1.82) is 0 Å². The Hall–Kier alpha value is -4.53. The van der Waals surface area contributed by atoms with Crippen molar-refractivity contribution >= 4 is 16.6 Å². The predicted octanol–water partition coefficient (Wildman–Crippen LogP) is 5.33. The first-order valence-electron chi connectivity index (χ1n) is 10.7. The molecule has 35 heavy (non-hydrogen) atoms. The van der Waals surface area contributed by atoms with E-state index in [0.29, 0.717) is 11.1 Å². The summed E-state index contributed by atoms with van der Waals surface area (Å²) in [5.74, 6) is 2.33. The molecule has 0 aliphatic carbocycles. The molecule has 0 aliphatic heterocycles. The second kappa shape index (κ2) is 10.6. The lowest BCUT2D eigenvalue weighted by molar-refractivity contribution is -0.383. The summed E-state index contributed by atoms with van der Waals surface area (Å²) in [5, 5.41) is 12.2. The van der Waals surface area contributed by atoms with Gasteiger partial charge in [0, 0.05) is 6.07 Å². The summed E-state index contributed by atoms with van der Waals surface area (Å²) >= 11 is 0. The van der Waals surface area contributed by atoms with Gasteiger partial charge in [-0.15, -0.1) is 0 Å². The zero-order chi connectivity index (χ0) is 24.8. The summed E-state index contributed by atoms with van der Waals surface area (Å²) in [7, 11) is 4.63. The van der Waals surface area contributed by atoms with E-state index < -0.39 is 4.92 Å². The van der Waals surface area contributed by atoms with Gasteiger partial charge in [-0.2, -0.15) is 0 Å². The molecule has 0 bridgehead atoms. The van der Waals surface area contributed by atoms with Crippen molar-refractivity contribution in [3.63, 3.8) is 0 Å². The molecule has 9 heteroatoms. The first-order valence-corrected chi connectivity index (χ1v) is 10.7. The predicted molar refractivity (Wildman–Crippen MR) is 130 cm³/mol.